The molecular formula is C10H9N3O. The summed E-state index contributed by atoms with van der Waals surface area (Å²) < 4.78 is 1.65. The molecule has 2 rings (SSSR count). The minimum Gasteiger partial charge on any atom is -0.763 e. The van der Waals surface area contributed by atoms with E-state index in [0.29, 0.717) is 5.69 Å². The second-order valence-electron chi connectivity index (χ2n) is 3.16. The highest BCUT2D eigenvalue weighted by molar-refractivity contribution is 6.13. The Bertz CT molecular complexity index is 446. The molecule has 2 heterocycles. The molecule has 0 amide bonds. The lowest BCUT2D eigenvalue weighted by molar-refractivity contribution is -0.656. The van der Waals surface area contributed by atoms with E-state index in [1.165, 1.54) is 0 Å². The minimum absolute atomic E-state index is 0.195. The number of Topliss-reactive ketones (excluding diaryl/α,β-unsaturated/α-hetero) is 1. The van der Waals surface area contributed by atoms with Crippen LogP contribution in [0.2, 0.25) is 0 Å². The van der Waals surface area contributed by atoms with Gasteiger partial charge in [-0.3, -0.25) is 10.7 Å². The lowest BCUT2D eigenvalue weighted by Crippen LogP contribution is -2.58. The molecule has 0 aromatic carbocycles. The second kappa shape index (κ2) is 3.09. The molecule has 1 N–H and O–H groups in total. The van der Waals surface area contributed by atoms with Crippen molar-refractivity contribution in [3.05, 3.63) is 41.1 Å². The van der Waals surface area contributed by atoms with E-state index < -0.39 is 0 Å². The van der Waals surface area contributed by atoms with Gasteiger partial charge in [-0.1, -0.05) is 4.68 Å². The van der Waals surface area contributed by atoms with E-state index >= 15 is 0 Å². The van der Waals surface area contributed by atoms with Crippen LogP contribution in [-0.2, 0) is 0 Å². The van der Waals surface area contributed by atoms with Crippen molar-refractivity contribution >= 4 is 11.7 Å². The highest BCUT2D eigenvalue weighted by atomic mass is 16.1. The molecule has 0 saturated carbocycles. The van der Waals surface area contributed by atoms with Crippen LogP contribution in [0, 0.1) is 0 Å². The Morgan fingerprint density at radius 2 is 2.36 bits per heavy atom. The molecule has 1 aliphatic rings. The number of nitrogens with zero attached hydrogens (tertiary/aromatic N) is 2. The van der Waals surface area contributed by atoms with Gasteiger partial charge >= 0.3 is 0 Å². The number of carbonyl (C=O) groups is 1. The minimum atomic E-state index is -0.229. The van der Waals surface area contributed by atoms with E-state index in [9.17, 15) is 4.79 Å². The standard InChI is InChI=1S/C10H9N3O/c1-7-8(6-11)10(14)9-4-2-3-5-13(9)12-7/h2-5,7,12H,1H3. The van der Waals surface area contributed by atoms with Gasteiger partial charge in [0.15, 0.2) is 6.20 Å². The SMILES string of the molecule is CC1N[n+]2ccccc2C(=O)C1=C=[N-]. The number of nitrogens with one attached hydrogen (secondary N) is 1. The molecule has 0 radical (unpaired) electrons. The molecule has 70 valence electrons. The van der Waals surface area contributed by atoms with Gasteiger partial charge in [0.25, 0.3) is 11.5 Å². The fourth-order valence-corrected chi connectivity index (χ4v) is 1.50. The average Bonchev–Trinajstić information content (AvgIpc) is 2.18. The van der Waals surface area contributed by atoms with Gasteiger partial charge in [-0.15, -0.1) is 0 Å². The van der Waals surface area contributed by atoms with Gasteiger partial charge in [-0.25, -0.2) is 0 Å². The van der Waals surface area contributed by atoms with E-state index in [0.717, 1.165) is 0 Å². The summed E-state index contributed by atoms with van der Waals surface area (Å²) >= 11 is 0. The average molecular weight is 187 g/mol. The first kappa shape index (κ1) is 8.66. The first-order valence-corrected chi connectivity index (χ1v) is 4.33. The molecule has 4 heteroatoms. The summed E-state index contributed by atoms with van der Waals surface area (Å²) in [5.74, 6) is 1.74. The number of hydrogen-bond donors (Lipinski definition) is 1. The number of aromatic nitrogens is 1. The number of fused-ring (bicyclic) bond motifs is 1. The van der Waals surface area contributed by atoms with Crippen molar-refractivity contribution < 1.29 is 9.47 Å². The van der Waals surface area contributed by atoms with E-state index in [2.05, 4.69) is 5.43 Å². The first-order chi connectivity index (χ1) is 6.74. The Morgan fingerprint density at radius 3 is 3.07 bits per heavy atom. The third-order valence-electron chi connectivity index (χ3n) is 2.22. The maximum atomic E-state index is 11.7. The van der Waals surface area contributed by atoms with Crippen LogP contribution in [0.4, 0.5) is 0 Å². The molecule has 1 atom stereocenters. The van der Waals surface area contributed by atoms with Crippen LogP contribution in [0.1, 0.15) is 17.4 Å². The molecule has 0 fully saturated rings. The molecule has 1 aliphatic heterocycles. The molecule has 0 spiro atoms. The van der Waals surface area contributed by atoms with Crippen LogP contribution in [0.5, 0.6) is 0 Å². The van der Waals surface area contributed by atoms with Crippen LogP contribution in [0.25, 0.3) is 5.41 Å². The number of hydrogen-bond acceptors (Lipinski definition) is 2. The van der Waals surface area contributed by atoms with Gasteiger partial charge in [0.05, 0.1) is 5.57 Å². The Hall–Kier alpha value is -1.93. The van der Waals surface area contributed by atoms with Gasteiger partial charge in [0, 0.05) is 12.1 Å². The molecule has 1 aromatic rings. The summed E-state index contributed by atoms with van der Waals surface area (Å²) in [4.78, 5) is 11.7. The van der Waals surface area contributed by atoms with Crippen LogP contribution in [-0.4, -0.2) is 17.7 Å². The normalized spacial score (nSPS) is 19.6. The van der Waals surface area contributed by atoms with Crippen molar-refractivity contribution in [3.8, 4) is 0 Å². The molecule has 1 aromatic heterocycles. The summed E-state index contributed by atoms with van der Waals surface area (Å²) in [6.07, 6.45) is 1.76. The first-order valence-electron chi connectivity index (χ1n) is 4.33. The third kappa shape index (κ3) is 1.13. The Labute approximate surface area is 81.4 Å². The summed E-state index contributed by atoms with van der Waals surface area (Å²) in [6, 6.07) is 5.07. The Morgan fingerprint density at radius 1 is 1.57 bits per heavy atom. The molecule has 1 unspecified atom stereocenters. The largest absolute Gasteiger partial charge is 0.763 e. The fraction of sp³-hybridized carbons (Fsp3) is 0.200. The summed E-state index contributed by atoms with van der Waals surface area (Å²) in [6.45, 7) is 1.79. The van der Waals surface area contributed by atoms with Crippen LogP contribution >= 0.6 is 0 Å². The van der Waals surface area contributed by atoms with Crippen molar-refractivity contribution in [2.75, 3.05) is 5.43 Å². The topological polar surface area (TPSA) is 55.3 Å². The van der Waals surface area contributed by atoms with Gasteiger partial charge < -0.3 is 5.41 Å². The van der Waals surface area contributed by atoms with Crippen molar-refractivity contribution in [1.29, 1.82) is 0 Å². The van der Waals surface area contributed by atoms with Crippen molar-refractivity contribution in [3.63, 3.8) is 0 Å². The molecule has 0 bridgehead atoms. The van der Waals surface area contributed by atoms with Crippen LogP contribution in [0.15, 0.2) is 30.0 Å². The van der Waals surface area contributed by atoms with E-state index in [1.807, 2.05) is 11.9 Å². The van der Waals surface area contributed by atoms with Crippen molar-refractivity contribution in [2.24, 2.45) is 0 Å². The predicted octanol–water partition coefficient (Wildman–Crippen LogP) is 0.268. The summed E-state index contributed by atoms with van der Waals surface area (Å²) in [5.41, 5.74) is 3.79. The number of pyridine rings is 1. The highest BCUT2D eigenvalue weighted by Gasteiger charge is 2.32. The number of carbonyl (C=O) groups excluding carboxylic acids is 1. The molecule has 14 heavy (non-hydrogen) atoms. The van der Waals surface area contributed by atoms with Crippen LogP contribution in [0.3, 0.4) is 0 Å². The number of ketones is 1. The quantitative estimate of drug-likeness (QED) is 0.360. The maximum Gasteiger partial charge on any atom is 0.283 e. The monoisotopic (exact) mass is 187 g/mol. The van der Waals surface area contributed by atoms with Crippen molar-refractivity contribution in [1.82, 2.24) is 0 Å². The smallest absolute Gasteiger partial charge is 0.283 e. The van der Waals surface area contributed by atoms with E-state index in [-0.39, 0.29) is 17.4 Å². The highest BCUT2D eigenvalue weighted by Crippen LogP contribution is 2.10. The van der Waals surface area contributed by atoms with Gasteiger partial charge in [0.2, 0.25) is 0 Å². The van der Waals surface area contributed by atoms with Gasteiger partial charge in [0.1, 0.15) is 6.04 Å². The van der Waals surface area contributed by atoms with Gasteiger partial charge in [-0.2, -0.15) is 5.43 Å². The number of rotatable bonds is 0. The molecule has 0 aliphatic carbocycles. The van der Waals surface area contributed by atoms with Crippen molar-refractivity contribution in [2.45, 2.75) is 13.0 Å². The Balaban J connectivity index is 2.60. The van der Waals surface area contributed by atoms with E-state index in [1.54, 1.807) is 29.9 Å². The summed E-state index contributed by atoms with van der Waals surface area (Å²) in [5, 5.41) is 8.80. The van der Waals surface area contributed by atoms with E-state index in [4.69, 9.17) is 5.41 Å². The molecule has 0 saturated heterocycles. The molecule has 4 nitrogen and oxygen atoms in total. The maximum absolute atomic E-state index is 11.7. The van der Waals surface area contributed by atoms with Crippen LogP contribution < -0.4 is 10.1 Å². The van der Waals surface area contributed by atoms with Gasteiger partial charge in [-0.05, 0) is 13.0 Å². The predicted molar refractivity (Wildman–Crippen MR) is 51.7 cm³/mol. The summed E-state index contributed by atoms with van der Waals surface area (Å²) in [7, 11) is 0. The lowest BCUT2D eigenvalue weighted by atomic mass is 10.0. The zero-order valence-corrected chi connectivity index (χ0v) is 7.69. The molecular weight excluding hydrogens is 178 g/mol. The zero-order valence-electron chi connectivity index (χ0n) is 7.69. The Kier molecular flexibility index (Phi) is 1.91. The second-order valence-corrected chi connectivity index (χ2v) is 3.16. The fourth-order valence-electron chi connectivity index (χ4n) is 1.50. The lowest BCUT2D eigenvalue weighted by Gasteiger charge is -2.18. The zero-order chi connectivity index (χ0) is 10.1. The third-order valence-corrected chi connectivity index (χ3v) is 2.22.